The standard InChI is InChI=1S/C13H28N2O2/c1-3-16-13(17-4-2)12(15-14)11-9-7-5-6-8-10-11/h11-13,15H,3-10,14H2,1-2H3. The maximum atomic E-state index is 5.71. The van der Waals surface area contributed by atoms with Gasteiger partial charge in [0.2, 0.25) is 0 Å². The molecule has 1 aliphatic rings. The summed E-state index contributed by atoms with van der Waals surface area (Å²) in [6.45, 7) is 5.31. The highest BCUT2D eigenvalue weighted by molar-refractivity contribution is 4.80. The summed E-state index contributed by atoms with van der Waals surface area (Å²) in [4.78, 5) is 0. The molecule has 3 N–H and O–H groups in total. The lowest BCUT2D eigenvalue weighted by Gasteiger charge is -2.32. The number of ether oxygens (including phenoxy) is 2. The predicted molar refractivity (Wildman–Crippen MR) is 69.3 cm³/mol. The van der Waals surface area contributed by atoms with Crippen molar-refractivity contribution in [3.05, 3.63) is 0 Å². The fourth-order valence-electron chi connectivity index (χ4n) is 2.69. The molecule has 1 fully saturated rings. The van der Waals surface area contributed by atoms with E-state index in [1.54, 1.807) is 0 Å². The molecule has 0 saturated heterocycles. The van der Waals surface area contributed by atoms with E-state index in [0.29, 0.717) is 19.1 Å². The Kier molecular flexibility index (Phi) is 7.77. The molecule has 1 atom stereocenters. The van der Waals surface area contributed by atoms with Crippen LogP contribution in [0.5, 0.6) is 0 Å². The van der Waals surface area contributed by atoms with Gasteiger partial charge in [0.25, 0.3) is 0 Å². The van der Waals surface area contributed by atoms with Gasteiger partial charge < -0.3 is 9.47 Å². The Balaban J connectivity index is 2.57. The van der Waals surface area contributed by atoms with Crippen molar-refractivity contribution in [2.24, 2.45) is 11.8 Å². The third kappa shape index (κ3) is 4.92. The Morgan fingerprint density at radius 1 is 1.06 bits per heavy atom. The summed E-state index contributed by atoms with van der Waals surface area (Å²) in [6.07, 6.45) is 7.54. The van der Waals surface area contributed by atoms with Crippen LogP contribution in [0.25, 0.3) is 0 Å². The molecule has 0 heterocycles. The van der Waals surface area contributed by atoms with Crippen LogP contribution in [0.3, 0.4) is 0 Å². The first-order valence-corrected chi connectivity index (χ1v) is 7.02. The van der Waals surface area contributed by atoms with E-state index >= 15 is 0 Å². The fourth-order valence-corrected chi connectivity index (χ4v) is 2.69. The lowest BCUT2D eigenvalue weighted by Crippen LogP contribution is -2.51. The molecule has 4 nitrogen and oxygen atoms in total. The molecule has 1 unspecified atom stereocenters. The third-order valence-electron chi connectivity index (χ3n) is 3.56. The maximum Gasteiger partial charge on any atom is 0.174 e. The van der Waals surface area contributed by atoms with Crippen LogP contribution in [-0.4, -0.2) is 25.5 Å². The Bertz CT molecular complexity index is 174. The van der Waals surface area contributed by atoms with Crippen LogP contribution in [-0.2, 0) is 9.47 Å². The maximum absolute atomic E-state index is 5.71. The van der Waals surface area contributed by atoms with Crippen LogP contribution in [0, 0.1) is 5.92 Å². The van der Waals surface area contributed by atoms with Crippen LogP contribution in [0.15, 0.2) is 0 Å². The van der Waals surface area contributed by atoms with Gasteiger partial charge in [0, 0.05) is 13.2 Å². The molecule has 1 saturated carbocycles. The highest BCUT2D eigenvalue weighted by atomic mass is 16.7. The summed E-state index contributed by atoms with van der Waals surface area (Å²) in [5, 5.41) is 0. The van der Waals surface area contributed by atoms with Crippen molar-refractivity contribution in [2.75, 3.05) is 13.2 Å². The Hall–Kier alpha value is -0.160. The van der Waals surface area contributed by atoms with Gasteiger partial charge >= 0.3 is 0 Å². The first kappa shape index (κ1) is 14.9. The lowest BCUT2D eigenvalue weighted by molar-refractivity contribution is -0.163. The van der Waals surface area contributed by atoms with E-state index < -0.39 is 0 Å². The van der Waals surface area contributed by atoms with Crippen molar-refractivity contribution in [3.8, 4) is 0 Å². The highest BCUT2D eigenvalue weighted by Gasteiger charge is 2.30. The van der Waals surface area contributed by atoms with Crippen LogP contribution >= 0.6 is 0 Å². The van der Waals surface area contributed by atoms with Crippen molar-refractivity contribution in [2.45, 2.75) is 64.7 Å². The van der Waals surface area contributed by atoms with Crippen LogP contribution < -0.4 is 11.3 Å². The molecule has 0 bridgehead atoms. The average Bonchev–Trinajstić information content (AvgIpc) is 2.60. The zero-order valence-electron chi connectivity index (χ0n) is 11.3. The van der Waals surface area contributed by atoms with Crippen molar-refractivity contribution in [3.63, 3.8) is 0 Å². The molecule has 0 aromatic rings. The zero-order valence-corrected chi connectivity index (χ0v) is 11.3. The summed E-state index contributed by atoms with van der Waals surface area (Å²) < 4.78 is 11.3. The second-order valence-corrected chi connectivity index (χ2v) is 4.72. The molecule has 0 amide bonds. The van der Waals surface area contributed by atoms with E-state index in [1.165, 1.54) is 38.5 Å². The van der Waals surface area contributed by atoms with Crippen LogP contribution in [0.4, 0.5) is 0 Å². The van der Waals surface area contributed by atoms with Gasteiger partial charge in [0.15, 0.2) is 6.29 Å². The van der Waals surface area contributed by atoms with E-state index in [1.807, 2.05) is 13.8 Å². The van der Waals surface area contributed by atoms with Crippen molar-refractivity contribution < 1.29 is 9.47 Å². The van der Waals surface area contributed by atoms with Gasteiger partial charge in [-0.3, -0.25) is 11.3 Å². The second-order valence-electron chi connectivity index (χ2n) is 4.72. The molecule has 0 aromatic heterocycles. The average molecular weight is 244 g/mol. The zero-order chi connectivity index (χ0) is 12.5. The van der Waals surface area contributed by atoms with Crippen molar-refractivity contribution in [1.29, 1.82) is 0 Å². The number of nitrogens with two attached hydrogens (primary N) is 1. The molecule has 102 valence electrons. The minimum absolute atomic E-state index is 0.119. The van der Waals surface area contributed by atoms with E-state index in [4.69, 9.17) is 15.3 Å². The molecular formula is C13H28N2O2. The molecule has 17 heavy (non-hydrogen) atoms. The molecule has 4 heteroatoms. The number of hydrogen-bond donors (Lipinski definition) is 2. The number of rotatable bonds is 7. The van der Waals surface area contributed by atoms with Crippen molar-refractivity contribution >= 4 is 0 Å². The summed E-state index contributed by atoms with van der Waals surface area (Å²) in [5.41, 5.74) is 2.92. The normalized spacial score (nSPS) is 20.5. The highest BCUT2D eigenvalue weighted by Crippen LogP contribution is 2.27. The topological polar surface area (TPSA) is 56.5 Å². The smallest absolute Gasteiger partial charge is 0.174 e. The van der Waals surface area contributed by atoms with Gasteiger partial charge in [0.05, 0.1) is 6.04 Å². The predicted octanol–water partition coefficient (Wildman–Crippen LogP) is 2.19. The Labute approximate surface area is 105 Å². The van der Waals surface area contributed by atoms with E-state index in [-0.39, 0.29) is 12.3 Å². The molecule has 1 aliphatic carbocycles. The SMILES string of the molecule is CCOC(OCC)C(NN)C1CCCCCC1. The van der Waals surface area contributed by atoms with E-state index in [2.05, 4.69) is 5.43 Å². The third-order valence-corrected chi connectivity index (χ3v) is 3.56. The summed E-state index contributed by atoms with van der Waals surface area (Å²) in [5.74, 6) is 6.28. The second kappa shape index (κ2) is 8.86. The fraction of sp³-hybridized carbons (Fsp3) is 1.00. The molecule has 1 rings (SSSR count). The molecule has 0 spiro atoms. The van der Waals surface area contributed by atoms with Gasteiger partial charge in [-0.1, -0.05) is 25.7 Å². The first-order valence-electron chi connectivity index (χ1n) is 7.02. The molecule has 0 aliphatic heterocycles. The van der Waals surface area contributed by atoms with Gasteiger partial charge in [-0.15, -0.1) is 0 Å². The molecule has 0 aromatic carbocycles. The first-order chi connectivity index (χ1) is 8.33. The summed E-state index contributed by atoms with van der Waals surface area (Å²) >= 11 is 0. The number of hydrazine groups is 1. The minimum Gasteiger partial charge on any atom is -0.351 e. The van der Waals surface area contributed by atoms with Crippen LogP contribution in [0.1, 0.15) is 52.4 Å². The van der Waals surface area contributed by atoms with E-state index in [0.717, 1.165) is 0 Å². The largest absolute Gasteiger partial charge is 0.351 e. The van der Waals surface area contributed by atoms with Gasteiger partial charge in [0.1, 0.15) is 0 Å². The molecule has 0 radical (unpaired) electrons. The minimum atomic E-state index is -0.210. The number of nitrogens with one attached hydrogen (secondary N) is 1. The lowest BCUT2D eigenvalue weighted by atomic mass is 9.91. The van der Waals surface area contributed by atoms with Crippen molar-refractivity contribution in [1.82, 2.24) is 5.43 Å². The summed E-state index contributed by atoms with van der Waals surface area (Å²) in [7, 11) is 0. The van der Waals surface area contributed by atoms with Gasteiger partial charge in [-0.2, -0.15) is 0 Å². The number of hydrogen-bond acceptors (Lipinski definition) is 4. The van der Waals surface area contributed by atoms with Gasteiger partial charge in [-0.05, 0) is 32.6 Å². The van der Waals surface area contributed by atoms with Crippen LogP contribution in [0.2, 0.25) is 0 Å². The Morgan fingerprint density at radius 2 is 1.59 bits per heavy atom. The van der Waals surface area contributed by atoms with Gasteiger partial charge in [-0.25, -0.2) is 0 Å². The quantitative estimate of drug-likeness (QED) is 0.312. The monoisotopic (exact) mass is 244 g/mol. The summed E-state index contributed by atoms with van der Waals surface area (Å²) in [6, 6.07) is 0.119. The Morgan fingerprint density at radius 3 is 2.00 bits per heavy atom. The van der Waals surface area contributed by atoms with E-state index in [9.17, 15) is 0 Å². The molecular weight excluding hydrogens is 216 g/mol.